The van der Waals surface area contributed by atoms with Gasteiger partial charge in [0.15, 0.2) is 5.11 Å². The number of benzene rings is 2. The number of nitrogens with one attached hydrogen (secondary N) is 3. The number of thiocarbonyl (C=S) groups is 1. The Balaban J connectivity index is 1.87. The molecule has 3 N–H and O–H groups in total. The molecule has 0 fully saturated rings. The monoisotopic (exact) mass is 418 g/mol. The molecule has 0 bridgehead atoms. The summed E-state index contributed by atoms with van der Waals surface area (Å²) < 4.78 is 0. The summed E-state index contributed by atoms with van der Waals surface area (Å²) in [6, 6.07) is 12.8. The van der Waals surface area contributed by atoms with E-state index in [4.69, 9.17) is 23.8 Å². The van der Waals surface area contributed by atoms with Gasteiger partial charge in [-0.05, 0) is 74.2 Å². The Labute approximate surface area is 177 Å². The zero-order chi connectivity index (χ0) is 20.5. The molecule has 0 aliphatic rings. The van der Waals surface area contributed by atoms with Gasteiger partial charge in [-0.25, -0.2) is 0 Å². The van der Waals surface area contributed by atoms with E-state index < -0.39 is 0 Å². The summed E-state index contributed by atoms with van der Waals surface area (Å²) in [4.78, 5) is 14.5. The number of halogens is 1. The van der Waals surface area contributed by atoms with Gasteiger partial charge < -0.3 is 20.9 Å². The molecule has 0 radical (unpaired) electrons. The molecule has 7 heteroatoms. The van der Waals surface area contributed by atoms with E-state index in [9.17, 15) is 4.79 Å². The van der Waals surface area contributed by atoms with Crippen LogP contribution >= 0.6 is 23.8 Å². The highest BCUT2D eigenvalue weighted by atomic mass is 35.5. The molecule has 0 saturated carbocycles. The van der Waals surface area contributed by atoms with Crippen LogP contribution in [0.25, 0.3) is 0 Å². The van der Waals surface area contributed by atoms with E-state index in [1.165, 1.54) is 0 Å². The highest BCUT2D eigenvalue weighted by molar-refractivity contribution is 7.80. The second-order valence-electron chi connectivity index (χ2n) is 6.35. The van der Waals surface area contributed by atoms with Crippen molar-refractivity contribution in [1.29, 1.82) is 0 Å². The van der Waals surface area contributed by atoms with Crippen molar-refractivity contribution in [3.63, 3.8) is 0 Å². The van der Waals surface area contributed by atoms with E-state index in [-0.39, 0.29) is 5.91 Å². The maximum atomic E-state index is 12.2. The number of nitrogens with zero attached hydrogens (tertiary/aromatic N) is 1. The molecule has 0 heterocycles. The molecule has 150 valence electrons. The summed E-state index contributed by atoms with van der Waals surface area (Å²) in [6.07, 6.45) is 0. The normalized spacial score (nSPS) is 10.6. The van der Waals surface area contributed by atoms with Gasteiger partial charge in [0.05, 0.1) is 0 Å². The van der Waals surface area contributed by atoms with Crippen LogP contribution in [0.1, 0.15) is 29.8 Å². The molecule has 5 nitrogen and oxygen atoms in total. The number of hydrogen-bond donors (Lipinski definition) is 3. The van der Waals surface area contributed by atoms with Crippen LogP contribution in [-0.2, 0) is 0 Å². The molecule has 2 aromatic carbocycles. The molecule has 0 aliphatic carbocycles. The van der Waals surface area contributed by atoms with Crippen molar-refractivity contribution < 1.29 is 4.79 Å². The van der Waals surface area contributed by atoms with Crippen LogP contribution in [-0.4, -0.2) is 42.1 Å². The van der Waals surface area contributed by atoms with Gasteiger partial charge in [-0.15, -0.1) is 0 Å². The van der Waals surface area contributed by atoms with Crippen molar-refractivity contribution in [1.82, 2.24) is 10.2 Å². The molecule has 0 aliphatic heterocycles. The maximum absolute atomic E-state index is 12.2. The highest BCUT2D eigenvalue weighted by Gasteiger charge is 2.08. The Kier molecular flexibility index (Phi) is 8.70. The highest BCUT2D eigenvalue weighted by Crippen LogP contribution is 2.23. The van der Waals surface area contributed by atoms with Gasteiger partial charge in [0, 0.05) is 35.1 Å². The van der Waals surface area contributed by atoms with Crippen LogP contribution < -0.4 is 16.0 Å². The van der Waals surface area contributed by atoms with E-state index in [0.717, 1.165) is 36.6 Å². The molecular weight excluding hydrogens is 392 g/mol. The summed E-state index contributed by atoms with van der Waals surface area (Å²) in [5, 5.41) is 10.3. The quantitative estimate of drug-likeness (QED) is 0.550. The fraction of sp³-hybridized carbons (Fsp3) is 0.333. The summed E-state index contributed by atoms with van der Waals surface area (Å²) in [5.74, 6) is -0.0750. The molecule has 0 atom stereocenters. The van der Waals surface area contributed by atoms with Gasteiger partial charge in [-0.1, -0.05) is 31.5 Å². The molecule has 1 amide bonds. The summed E-state index contributed by atoms with van der Waals surface area (Å²) in [5.41, 5.74) is 3.21. The molecule has 0 spiro atoms. The maximum Gasteiger partial charge on any atom is 0.251 e. The van der Waals surface area contributed by atoms with Crippen LogP contribution in [0, 0.1) is 6.92 Å². The smallest absolute Gasteiger partial charge is 0.251 e. The largest absolute Gasteiger partial charge is 0.351 e. The van der Waals surface area contributed by atoms with E-state index in [2.05, 4.69) is 34.7 Å². The zero-order valence-corrected chi connectivity index (χ0v) is 18.1. The van der Waals surface area contributed by atoms with Gasteiger partial charge >= 0.3 is 0 Å². The van der Waals surface area contributed by atoms with Crippen molar-refractivity contribution in [2.45, 2.75) is 20.8 Å². The first-order valence-corrected chi connectivity index (χ1v) is 10.2. The van der Waals surface area contributed by atoms with Crippen molar-refractivity contribution >= 4 is 46.2 Å². The summed E-state index contributed by atoms with van der Waals surface area (Å²) in [6.45, 7) is 9.61. The van der Waals surface area contributed by atoms with Crippen LogP contribution in [0.5, 0.6) is 0 Å². The van der Waals surface area contributed by atoms with Crippen molar-refractivity contribution in [3.8, 4) is 0 Å². The van der Waals surface area contributed by atoms with E-state index in [1.54, 1.807) is 12.1 Å². The molecule has 0 aromatic heterocycles. The Hall–Kier alpha value is -2.15. The van der Waals surface area contributed by atoms with Gasteiger partial charge in [0.1, 0.15) is 0 Å². The Morgan fingerprint density at radius 1 is 1.07 bits per heavy atom. The third kappa shape index (κ3) is 6.48. The topological polar surface area (TPSA) is 56.4 Å². The summed E-state index contributed by atoms with van der Waals surface area (Å²) in [7, 11) is 0. The number of carbonyl (C=O) groups excluding carboxylic acids is 1. The van der Waals surface area contributed by atoms with Crippen molar-refractivity contribution in [2.24, 2.45) is 0 Å². The first kappa shape index (κ1) is 22.1. The fourth-order valence-corrected chi connectivity index (χ4v) is 3.10. The van der Waals surface area contributed by atoms with Crippen molar-refractivity contribution in [3.05, 3.63) is 58.6 Å². The van der Waals surface area contributed by atoms with Gasteiger partial charge in [-0.3, -0.25) is 4.79 Å². The lowest BCUT2D eigenvalue weighted by atomic mass is 10.2. The fourth-order valence-electron chi connectivity index (χ4n) is 2.70. The molecular formula is C21H27ClN4OS. The van der Waals surface area contributed by atoms with E-state index >= 15 is 0 Å². The third-order valence-corrected chi connectivity index (χ3v) is 5.14. The van der Waals surface area contributed by atoms with Crippen molar-refractivity contribution in [2.75, 3.05) is 36.8 Å². The predicted octanol–water partition coefficient (Wildman–Crippen LogP) is 4.53. The number of likely N-dealkylation sites (N-methyl/N-ethyl adjacent to an activating group) is 1. The first-order chi connectivity index (χ1) is 13.4. The van der Waals surface area contributed by atoms with Crippen LogP contribution in [0.3, 0.4) is 0 Å². The lowest BCUT2D eigenvalue weighted by molar-refractivity contribution is 0.0949. The third-order valence-electron chi connectivity index (χ3n) is 4.53. The lowest BCUT2D eigenvalue weighted by Gasteiger charge is -2.18. The number of amides is 1. The lowest BCUT2D eigenvalue weighted by Crippen LogP contribution is -2.34. The number of rotatable bonds is 8. The number of hydrogen-bond acceptors (Lipinski definition) is 3. The van der Waals surface area contributed by atoms with E-state index in [1.807, 2.05) is 37.3 Å². The minimum Gasteiger partial charge on any atom is -0.351 e. The molecule has 2 aromatic rings. The second-order valence-corrected chi connectivity index (χ2v) is 7.17. The van der Waals surface area contributed by atoms with Crippen LogP contribution in [0.4, 0.5) is 11.4 Å². The zero-order valence-electron chi connectivity index (χ0n) is 16.5. The van der Waals surface area contributed by atoms with Crippen LogP contribution in [0.15, 0.2) is 42.5 Å². The van der Waals surface area contributed by atoms with Crippen LogP contribution in [0.2, 0.25) is 5.02 Å². The number of anilines is 2. The molecule has 0 unspecified atom stereocenters. The van der Waals surface area contributed by atoms with Gasteiger partial charge in [0.25, 0.3) is 5.91 Å². The minimum absolute atomic E-state index is 0.0750. The SMILES string of the molecule is CCN(CC)CCNC(=O)c1ccc(NC(=S)Nc2cccc(Cl)c2C)cc1. The minimum atomic E-state index is -0.0750. The Bertz CT molecular complexity index is 807. The standard InChI is InChI=1S/C21H27ClN4OS/c1-4-26(5-2)14-13-23-20(27)16-9-11-17(12-10-16)24-21(28)25-19-8-6-7-18(22)15(19)3/h6-12H,4-5,13-14H2,1-3H3,(H,23,27)(H2,24,25,28). The average Bonchev–Trinajstić information content (AvgIpc) is 2.69. The van der Waals surface area contributed by atoms with Gasteiger partial charge in [0.2, 0.25) is 0 Å². The summed E-state index contributed by atoms with van der Waals surface area (Å²) >= 11 is 11.5. The number of carbonyl (C=O) groups is 1. The molecule has 2 rings (SSSR count). The molecule has 0 saturated heterocycles. The van der Waals surface area contributed by atoms with E-state index in [0.29, 0.717) is 22.2 Å². The molecule has 28 heavy (non-hydrogen) atoms. The predicted molar refractivity (Wildman–Crippen MR) is 123 cm³/mol. The Morgan fingerprint density at radius 2 is 1.75 bits per heavy atom. The van der Waals surface area contributed by atoms with Gasteiger partial charge in [-0.2, -0.15) is 0 Å². The first-order valence-electron chi connectivity index (χ1n) is 9.38. The average molecular weight is 419 g/mol. The Morgan fingerprint density at radius 3 is 2.39 bits per heavy atom. The second kappa shape index (κ2) is 11.0.